The van der Waals surface area contributed by atoms with Crippen LogP contribution in [0.4, 0.5) is 16.4 Å². The number of hydrogen-bond donors (Lipinski definition) is 2. The van der Waals surface area contributed by atoms with Gasteiger partial charge in [0, 0.05) is 36.8 Å². The molecule has 0 bridgehead atoms. The number of hydrogen-bond acceptors (Lipinski definition) is 9. The molecule has 3 heterocycles. The van der Waals surface area contributed by atoms with Crippen LogP contribution in [0.15, 0.2) is 47.6 Å². The monoisotopic (exact) mass is 497 g/mol. The van der Waals surface area contributed by atoms with Crippen molar-refractivity contribution in [3.05, 3.63) is 42.6 Å². The molecule has 2 aromatic heterocycles. The van der Waals surface area contributed by atoms with Gasteiger partial charge in [-0.1, -0.05) is 0 Å². The van der Waals surface area contributed by atoms with Crippen LogP contribution in [-0.2, 0) is 14.6 Å². The summed E-state index contributed by atoms with van der Waals surface area (Å²) in [6.45, 7) is 6.01. The maximum Gasteiger partial charge on any atom is 0.319 e. The van der Waals surface area contributed by atoms with Gasteiger partial charge in [-0.05, 0) is 50.2 Å². The van der Waals surface area contributed by atoms with E-state index in [0.717, 1.165) is 6.26 Å². The first-order valence-electron chi connectivity index (χ1n) is 11.2. The highest BCUT2D eigenvalue weighted by molar-refractivity contribution is 7.90. The zero-order chi connectivity index (χ0) is 25.0. The van der Waals surface area contributed by atoms with Gasteiger partial charge in [-0.3, -0.25) is 0 Å². The smallest absolute Gasteiger partial charge is 0.319 e. The lowest BCUT2D eigenvalue weighted by Gasteiger charge is -2.33. The number of carbonyl (C=O) groups excluding carboxylic acids is 1. The summed E-state index contributed by atoms with van der Waals surface area (Å²) in [5, 5.41) is 5.33. The molecule has 0 unspecified atom stereocenters. The quantitative estimate of drug-likeness (QED) is 0.525. The second-order valence-electron chi connectivity index (χ2n) is 8.09. The van der Waals surface area contributed by atoms with E-state index in [1.54, 1.807) is 36.4 Å². The number of ether oxygens (including phenoxy) is 1. The molecule has 1 aliphatic heterocycles. The first-order valence-corrected chi connectivity index (χ1v) is 13.1. The fourth-order valence-electron chi connectivity index (χ4n) is 3.66. The lowest BCUT2D eigenvalue weighted by Crippen LogP contribution is -2.44. The van der Waals surface area contributed by atoms with E-state index in [2.05, 4.69) is 25.6 Å². The summed E-state index contributed by atoms with van der Waals surface area (Å²) >= 11 is 0. The van der Waals surface area contributed by atoms with Crippen LogP contribution < -0.4 is 15.5 Å². The van der Waals surface area contributed by atoms with E-state index < -0.39 is 9.84 Å². The van der Waals surface area contributed by atoms with Crippen molar-refractivity contribution in [3.8, 4) is 22.8 Å². The van der Waals surface area contributed by atoms with E-state index in [-0.39, 0.29) is 22.9 Å². The number of rotatable bonds is 6. The van der Waals surface area contributed by atoms with E-state index in [0.29, 0.717) is 54.9 Å². The number of pyridine rings is 1. The Labute approximate surface area is 203 Å². The third kappa shape index (κ3) is 5.72. The Bertz CT molecular complexity index is 1320. The molecule has 1 atom stereocenters. The van der Waals surface area contributed by atoms with E-state index >= 15 is 0 Å². The molecule has 1 aliphatic rings. The molecule has 12 heteroatoms. The summed E-state index contributed by atoms with van der Waals surface area (Å²) < 4.78 is 30.3. The number of urea groups is 1. The Kier molecular flexibility index (Phi) is 7.22. The molecule has 2 N–H and O–H groups in total. The number of amides is 2. The van der Waals surface area contributed by atoms with Crippen LogP contribution in [0.5, 0.6) is 0 Å². The number of morpholine rings is 1. The Balaban J connectivity index is 1.80. The minimum Gasteiger partial charge on any atom is -0.377 e. The molecular weight excluding hydrogens is 470 g/mol. The molecule has 1 saturated heterocycles. The van der Waals surface area contributed by atoms with Gasteiger partial charge < -0.3 is 20.3 Å². The van der Waals surface area contributed by atoms with Gasteiger partial charge in [0.1, 0.15) is 0 Å². The summed E-state index contributed by atoms with van der Waals surface area (Å²) in [6, 6.07) is 10.1. The number of aromatic nitrogens is 4. The molecule has 1 aromatic carbocycles. The fraction of sp³-hybridized carbons (Fsp3) is 0.348. The molecule has 0 saturated carbocycles. The van der Waals surface area contributed by atoms with Crippen LogP contribution in [0, 0.1) is 0 Å². The average molecular weight is 498 g/mol. The Morgan fingerprint density at radius 1 is 1.14 bits per heavy atom. The number of nitrogens with zero attached hydrogens (tertiary/aromatic N) is 5. The van der Waals surface area contributed by atoms with E-state index in [9.17, 15) is 13.2 Å². The van der Waals surface area contributed by atoms with Crippen molar-refractivity contribution in [2.24, 2.45) is 0 Å². The fourth-order valence-corrected chi connectivity index (χ4v) is 4.47. The van der Waals surface area contributed by atoms with Crippen molar-refractivity contribution in [2.45, 2.75) is 24.9 Å². The van der Waals surface area contributed by atoms with Gasteiger partial charge in [-0.2, -0.15) is 9.97 Å². The van der Waals surface area contributed by atoms with Gasteiger partial charge >= 0.3 is 6.03 Å². The number of carbonyl (C=O) groups is 1. The van der Waals surface area contributed by atoms with Gasteiger partial charge in [-0.15, -0.1) is 0 Å². The van der Waals surface area contributed by atoms with Crippen LogP contribution in [0.2, 0.25) is 0 Å². The predicted molar refractivity (Wildman–Crippen MR) is 132 cm³/mol. The molecule has 184 valence electrons. The summed E-state index contributed by atoms with van der Waals surface area (Å²) in [5.74, 6) is 1.01. The molecule has 0 aliphatic carbocycles. The normalized spacial score (nSPS) is 16.1. The maximum absolute atomic E-state index is 12.4. The van der Waals surface area contributed by atoms with Gasteiger partial charge in [-0.25, -0.2) is 23.2 Å². The van der Waals surface area contributed by atoms with Gasteiger partial charge in [0.2, 0.25) is 5.95 Å². The molecule has 2 amide bonds. The molecule has 11 nitrogen and oxygen atoms in total. The minimum atomic E-state index is -3.62. The molecule has 4 rings (SSSR count). The average Bonchev–Trinajstić information content (AvgIpc) is 2.84. The van der Waals surface area contributed by atoms with Crippen molar-refractivity contribution < 1.29 is 17.9 Å². The Morgan fingerprint density at radius 2 is 1.89 bits per heavy atom. The first kappa shape index (κ1) is 24.5. The summed E-state index contributed by atoms with van der Waals surface area (Å²) in [7, 11) is -3.62. The highest BCUT2D eigenvalue weighted by Crippen LogP contribution is 2.28. The predicted octanol–water partition coefficient (Wildman–Crippen LogP) is 2.37. The Morgan fingerprint density at radius 3 is 2.57 bits per heavy atom. The highest BCUT2D eigenvalue weighted by atomic mass is 32.2. The van der Waals surface area contributed by atoms with Crippen LogP contribution in [0.1, 0.15) is 13.8 Å². The van der Waals surface area contributed by atoms with Crippen molar-refractivity contribution in [1.29, 1.82) is 0 Å². The topological polar surface area (TPSA) is 139 Å². The van der Waals surface area contributed by atoms with Crippen LogP contribution in [0.25, 0.3) is 22.8 Å². The van der Waals surface area contributed by atoms with E-state index in [1.165, 1.54) is 6.20 Å². The third-order valence-corrected chi connectivity index (χ3v) is 6.38. The maximum atomic E-state index is 12.4. The minimum absolute atomic E-state index is 0.0266. The summed E-state index contributed by atoms with van der Waals surface area (Å²) in [5.41, 5.74) is 1.60. The molecule has 0 radical (unpaired) electrons. The molecule has 35 heavy (non-hydrogen) atoms. The highest BCUT2D eigenvalue weighted by Gasteiger charge is 2.25. The van der Waals surface area contributed by atoms with E-state index in [4.69, 9.17) is 9.72 Å². The van der Waals surface area contributed by atoms with Crippen LogP contribution in [-0.4, -0.2) is 73.0 Å². The number of benzene rings is 1. The zero-order valence-corrected chi connectivity index (χ0v) is 20.5. The molecular formula is C23H27N7O4S. The zero-order valence-electron chi connectivity index (χ0n) is 19.7. The molecule has 3 aromatic rings. The Hall–Kier alpha value is -3.64. The standard InChI is InChI=1S/C23H27N7O4S/c1-4-24-23(31)26-17-9-7-16(8-10-17)19-27-20(18-6-5-11-25-21(18)35(3,32)33)29-22(28-19)30-12-13-34-14-15(30)2/h5-11,15H,4,12-14H2,1-3H3,(H2,24,26,31)/t15-/m0/s1. The van der Waals surface area contributed by atoms with Crippen molar-refractivity contribution in [3.63, 3.8) is 0 Å². The van der Waals surface area contributed by atoms with Crippen molar-refractivity contribution >= 4 is 27.5 Å². The van der Waals surface area contributed by atoms with Crippen LogP contribution in [0.3, 0.4) is 0 Å². The molecule has 1 fully saturated rings. The largest absolute Gasteiger partial charge is 0.377 e. The number of nitrogens with one attached hydrogen (secondary N) is 2. The van der Waals surface area contributed by atoms with Crippen molar-refractivity contribution in [1.82, 2.24) is 25.3 Å². The van der Waals surface area contributed by atoms with Gasteiger partial charge in [0.15, 0.2) is 26.5 Å². The van der Waals surface area contributed by atoms with Gasteiger partial charge in [0.25, 0.3) is 0 Å². The second kappa shape index (κ2) is 10.3. The lowest BCUT2D eigenvalue weighted by molar-refractivity contribution is 0.0981. The SMILES string of the molecule is CCNC(=O)Nc1ccc(-c2nc(-c3cccnc3S(C)(=O)=O)nc(N3CCOC[C@@H]3C)n2)cc1. The molecule has 0 spiro atoms. The summed E-state index contributed by atoms with van der Waals surface area (Å²) in [6.07, 6.45) is 2.53. The first-order chi connectivity index (χ1) is 16.8. The van der Waals surface area contributed by atoms with Crippen molar-refractivity contribution in [2.75, 3.05) is 42.8 Å². The number of anilines is 2. The third-order valence-electron chi connectivity index (χ3n) is 5.35. The number of sulfone groups is 1. The lowest BCUT2D eigenvalue weighted by atomic mass is 10.2. The summed E-state index contributed by atoms with van der Waals surface area (Å²) in [4.78, 5) is 31.8. The van der Waals surface area contributed by atoms with E-state index in [1.807, 2.05) is 18.7 Å². The van der Waals surface area contributed by atoms with Gasteiger partial charge in [0.05, 0.1) is 24.8 Å². The second-order valence-corrected chi connectivity index (χ2v) is 10.0. The van der Waals surface area contributed by atoms with Crippen LogP contribution >= 0.6 is 0 Å².